The van der Waals surface area contributed by atoms with E-state index in [1.807, 2.05) is 49.4 Å². The molecule has 0 atom stereocenters. The monoisotopic (exact) mass is 346 g/mol. The van der Waals surface area contributed by atoms with E-state index in [1.54, 1.807) is 6.21 Å². The number of nitrogens with one attached hydrogen (secondary N) is 1. The predicted octanol–water partition coefficient (Wildman–Crippen LogP) is 3.79. The third-order valence-electron chi connectivity index (χ3n) is 3.01. The summed E-state index contributed by atoms with van der Waals surface area (Å²) in [4.78, 5) is 10.8. The predicted molar refractivity (Wildman–Crippen MR) is 94.8 cm³/mol. The first-order valence-electron chi connectivity index (χ1n) is 7.52. The molecule has 0 heterocycles. The molecule has 2 aromatic carbocycles. The van der Waals surface area contributed by atoms with Gasteiger partial charge in [-0.25, -0.2) is 5.43 Å². The van der Waals surface area contributed by atoms with Crippen molar-refractivity contribution in [3.8, 4) is 11.5 Å². The van der Waals surface area contributed by atoms with Crippen LogP contribution in [0.5, 0.6) is 11.5 Å². The third kappa shape index (κ3) is 5.59. The number of halogens is 1. The number of benzene rings is 2. The van der Waals surface area contributed by atoms with E-state index in [4.69, 9.17) is 21.1 Å². The molecule has 126 valence electrons. The van der Waals surface area contributed by atoms with E-state index in [0.717, 1.165) is 11.1 Å². The number of hydrogen-bond donors (Lipinski definition) is 1. The number of hydrazone groups is 1. The second-order valence-corrected chi connectivity index (χ2v) is 5.42. The van der Waals surface area contributed by atoms with Crippen LogP contribution in [0, 0.1) is 0 Å². The van der Waals surface area contributed by atoms with Gasteiger partial charge in [0.2, 0.25) is 5.91 Å². The highest BCUT2D eigenvalue weighted by molar-refractivity contribution is 6.30. The average Bonchev–Trinajstić information content (AvgIpc) is 2.55. The van der Waals surface area contributed by atoms with E-state index in [1.165, 1.54) is 6.92 Å². The number of carbonyl (C=O) groups is 1. The summed E-state index contributed by atoms with van der Waals surface area (Å²) in [6.07, 6.45) is 1.55. The van der Waals surface area contributed by atoms with E-state index < -0.39 is 0 Å². The maximum atomic E-state index is 10.8. The molecule has 2 aromatic rings. The molecule has 0 aliphatic rings. The molecule has 0 spiro atoms. The molecule has 0 aromatic heterocycles. The molecule has 6 heteroatoms. The van der Waals surface area contributed by atoms with Crippen LogP contribution in [0.2, 0.25) is 5.02 Å². The van der Waals surface area contributed by atoms with E-state index >= 15 is 0 Å². The van der Waals surface area contributed by atoms with Gasteiger partial charge in [-0.1, -0.05) is 23.7 Å². The molecule has 1 N–H and O–H groups in total. The van der Waals surface area contributed by atoms with Gasteiger partial charge >= 0.3 is 0 Å². The van der Waals surface area contributed by atoms with Gasteiger partial charge in [0.1, 0.15) is 6.61 Å². The molecule has 0 saturated carbocycles. The van der Waals surface area contributed by atoms with Crippen LogP contribution in [0.3, 0.4) is 0 Å². The van der Waals surface area contributed by atoms with Crippen molar-refractivity contribution in [3.63, 3.8) is 0 Å². The lowest BCUT2D eigenvalue weighted by molar-refractivity contribution is -0.118. The zero-order valence-corrected chi connectivity index (χ0v) is 14.3. The second-order valence-electron chi connectivity index (χ2n) is 4.98. The minimum Gasteiger partial charge on any atom is -0.490 e. The van der Waals surface area contributed by atoms with E-state index in [-0.39, 0.29) is 5.91 Å². The van der Waals surface area contributed by atoms with Gasteiger partial charge in [-0.05, 0) is 48.4 Å². The summed E-state index contributed by atoms with van der Waals surface area (Å²) in [6, 6.07) is 12.9. The van der Waals surface area contributed by atoms with Crippen molar-refractivity contribution in [2.24, 2.45) is 5.10 Å². The van der Waals surface area contributed by atoms with Crippen LogP contribution in [-0.4, -0.2) is 18.7 Å². The number of nitrogens with zero attached hydrogens (tertiary/aromatic N) is 1. The molecule has 2 rings (SSSR count). The number of carbonyl (C=O) groups excluding carboxylic acids is 1. The summed E-state index contributed by atoms with van der Waals surface area (Å²) in [5, 5.41) is 4.53. The van der Waals surface area contributed by atoms with Gasteiger partial charge in [0.15, 0.2) is 11.5 Å². The van der Waals surface area contributed by atoms with Gasteiger partial charge < -0.3 is 9.47 Å². The molecule has 24 heavy (non-hydrogen) atoms. The van der Waals surface area contributed by atoms with Crippen LogP contribution in [0.4, 0.5) is 0 Å². The maximum absolute atomic E-state index is 10.8. The molecule has 0 aliphatic carbocycles. The highest BCUT2D eigenvalue weighted by Crippen LogP contribution is 2.29. The Labute approximate surface area is 146 Å². The first-order chi connectivity index (χ1) is 11.6. The van der Waals surface area contributed by atoms with E-state index in [0.29, 0.717) is 29.7 Å². The van der Waals surface area contributed by atoms with Crippen molar-refractivity contribution in [2.45, 2.75) is 20.5 Å². The lowest BCUT2D eigenvalue weighted by atomic mass is 10.2. The Morgan fingerprint density at radius 3 is 2.58 bits per heavy atom. The summed E-state index contributed by atoms with van der Waals surface area (Å²) < 4.78 is 11.4. The quantitative estimate of drug-likeness (QED) is 0.613. The molecule has 0 radical (unpaired) electrons. The molecule has 0 aliphatic heterocycles. The van der Waals surface area contributed by atoms with Crippen molar-refractivity contribution in [1.82, 2.24) is 5.43 Å². The Balaban J connectivity index is 2.09. The van der Waals surface area contributed by atoms with Crippen molar-refractivity contribution in [2.75, 3.05) is 6.61 Å². The van der Waals surface area contributed by atoms with Crippen LogP contribution < -0.4 is 14.9 Å². The zero-order valence-electron chi connectivity index (χ0n) is 13.6. The van der Waals surface area contributed by atoms with Gasteiger partial charge in [0.25, 0.3) is 0 Å². The Bertz CT molecular complexity index is 715. The van der Waals surface area contributed by atoms with Crippen LogP contribution in [0.15, 0.2) is 47.6 Å². The van der Waals surface area contributed by atoms with Crippen molar-refractivity contribution in [1.29, 1.82) is 0 Å². The fourth-order valence-electron chi connectivity index (χ4n) is 1.93. The number of hydrogen-bond acceptors (Lipinski definition) is 4. The lowest BCUT2D eigenvalue weighted by Crippen LogP contribution is -2.12. The Morgan fingerprint density at radius 1 is 1.17 bits per heavy atom. The normalized spacial score (nSPS) is 10.6. The fraction of sp³-hybridized carbons (Fsp3) is 0.222. The Kier molecular flexibility index (Phi) is 6.63. The zero-order chi connectivity index (χ0) is 17.4. The van der Waals surface area contributed by atoms with Gasteiger partial charge in [0, 0.05) is 11.9 Å². The SMILES string of the molecule is CCOc1cc(/C=N\NC(C)=O)ccc1OCc1ccc(Cl)cc1. The average molecular weight is 347 g/mol. The molecular weight excluding hydrogens is 328 g/mol. The highest BCUT2D eigenvalue weighted by Gasteiger charge is 2.06. The van der Waals surface area contributed by atoms with Crippen molar-refractivity contribution < 1.29 is 14.3 Å². The minimum atomic E-state index is -0.223. The van der Waals surface area contributed by atoms with Gasteiger partial charge in [-0.3, -0.25) is 4.79 Å². The largest absolute Gasteiger partial charge is 0.490 e. The second kappa shape index (κ2) is 8.93. The van der Waals surface area contributed by atoms with Crippen LogP contribution in [0.25, 0.3) is 0 Å². The van der Waals surface area contributed by atoms with E-state index in [2.05, 4.69) is 10.5 Å². The van der Waals surface area contributed by atoms with Crippen LogP contribution in [0.1, 0.15) is 25.0 Å². The molecular formula is C18H19ClN2O3. The van der Waals surface area contributed by atoms with Gasteiger partial charge in [0.05, 0.1) is 12.8 Å². The lowest BCUT2D eigenvalue weighted by Gasteiger charge is -2.12. The number of rotatable bonds is 7. The standard InChI is InChI=1S/C18H19ClN2O3/c1-3-23-18-10-15(11-20-21-13(2)22)6-9-17(18)24-12-14-4-7-16(19)8-5-14/h4-11H,3,12H2,1-2H3,(H,21,22)/b20-11-. The van der Waals surface area contributed by atoms with Gasteiger partial charge in [-0.2, -0.15) is 5.10 Å². The summed E-state index contributed by atoms with van der Waals surface area (Å²) in [7, 11) is 0. The first kappa shape index (κ1) is 17.8. The molecule has 5 nitrogen and oxygen atoms in total. The molecule has 0 fully saturated rings. The van der Waals surface area contributed by atoms with Crippen molar-refractivity contribution >= 4 is 23.7 Å². The highest BCUT2D eigenvalue weighted by atomic mass is 35.5. The topological polar surface area (TPSA) is 59.9 Å². The first-order valence-corrected chi connectivity index (χ1v) is 7.90. The molecule has 1 amide bonds. The summed E-state index contributed by atoms with van der Waals surface area (Å²) >= 11 is 5.87. The fourth-order valence-corrected chi connectivity index (χ4v) is 2.06. The Morgan fingerprint density at radius 2 is 1.92 bits per heavy atom. The number of ether oxygens (including phenoxy) is 2. The summed E-state index contributed by atoms with van der Waals surface area (Å²) in [5.41, 5.74) is 4.17. The van der Waals surface area contributed by atoms with Crippen molar-refractivity contribution in [3.05, 3.63) is 58.6 Å². The minimum absolute atomic E-state index is 0.223. The number of amides is 1. The molecule has 0 bridgehead atoms. The van der Waals surface area contributed by atoms with Crippen LogP contribution in [-0.2, 0) is 11.4 Å². The summed E-state index contributed by atoms with van der Waals surface area (Å²) in [6.45, 7) is 4.23. The van der Waals surface area contributed by atoms with Crippen LogP contribution >= 0.6 is 11.6 Å². The molecule has 0 saturated heterocycles. The smallest absolute Gasteiger partial charge is 0.236 e. The maximum Gasteiger partial charge on any atom is 0.236 e. The third-order valence-corrected chi connectivity index (χ3v) is 3.26. The van der Waals surface area contributed by atoms with Gasteiger partial charge in [-0.15, -0.1) is 0 Å². The van der Waals surface area contributed by atoms with E-state index in [9.17, 15) is 4.79 Å². The molecule has 0 unspecified atom stereocenters. The summed E-state index contributed by atoms with van der Waals surface area (Å²) in [5.74, 6) is 1.04. The Hall–Kier alpha value is -2.53.